The van der Waals surface area contributed by atoms with Crippen LogP contribution in [0.25, 0.3) is 0 Å². The van der Waals surface area contributed by atoms with Crippen LogP contribution in [0, 0.1) is 23.7 Å². The maximum absolute atomic E-state index is 10.3. The number of carboxylic acids is 1. The molecule has 0 aliphatic rings. The summed E-state index contributed by atoms with van der Waals surface area (Å²) in [5, 5.41) is 18.1. The van der Waals surface area contributed by atoms with Crippen LogP contribution in [-0.4, -0.2) is 22.3 Å². The molecule has 0 aliphatic carbocycles. The normalized spacial score (nSPS) is 11.0. The van der Waals surface area contributed by atoms with E-state index in [4.69, 9.17) is 5.11 Å². The van der Waals surface area contributed by atoms with Crippen LogP contribution in [0.2, 0.25) is 0 Å². The first-order valence-corrected chi connectivity index (χ1v) is 8.05. The van der Waals surface area contributed by atoms with E-state index in [2.05, 4.69) is 30.6 Å². The zero-order valence-electron chi connectivity index (χ0n) is 13.2. The van der Waals surface area contributed by atoms with E-state index in [1.807, 2.05) is 0 Å². The molecule has 0 bridgehead atoms. The van der Waals surface area contributed by atoms with E-state index >= 15 is 0 Å². The standard InChI is InChI=1S/C18H28O3/c1-2-3-4-5-6-7-8-11-14-17(19)15-12-9-10-13-16-18(20)21/h17,19H,2-6,9-10,12-13,15-16H2,1H3,(H,20,21). The molecule has 3 heteroatoms. The van der Waals surface area contributed by atoms with E-state index in [0.29, 0.717) is 12.8 Å². The van der Waals surface area contributed by atoms with Crippen molar-refractivity contribution >= 4 is 5.97 Å². The van der Waals surface area contributed by atoms with Gasteiger partial charge in [0.1, 0.15) is 6.10 Å². The van der Waals surface area contributed by atoms with Gasteiger partial charge in [0, 0.05) is 12.8 Å². The lowest BCUT2D eigenvalue weighted by molar-refractivity contribution is -0.137. The lowest BCUT2D eigenvalue weighted by atomic mass is 10.1. The molecule has 0 saturated carbocycles. The summed E-state index contributed by atoms with van der Waals surface area (Å²) in [5.74, 6) is 10.5. The summed E-state index contributed by atoms with van der Waals surface area (Å²) in [5.41, 5.74) is 0. The van der Waals surface area contributed by atoms with Crippen molar-refractivity contribution < 1.29 is 15.0 Å². The van der Waals surface area contributed by atoms with Gasteiger partial charge in [-0.25, -0.2) is 0 Å². The highest BCUT2D eigenvalue weighted by molar-refractivity contribution is 5.66. The number of aliphatic hydroxyl groups excluding tert-OH is 1. The van der Waals surface area contributed by atoms with E-state index in [1.165, 1.54) is 19.3 Å². The Morgan fingerprint density at radius 3 is 2.43 bits per heavy atom. The average molecular weight is 292 g/mol. The molecule has 0 radical (unpaired) electrons. The van der Waals surface area contributed by atoms with E-state index in [0.717, 1.165) is 32.1 Å². The Labute approximate surface area is 129 Å². The molecular weight excluding hydrogens is 264 g/mol. The Kier molecular flexibility index (Phi) is 13.9. The van der Waals surface area contributed by atoms with E-state index < -0.39 is 12.1 Å². The van der Waals surface area contributed by atoms with Gasteiger partial charge < -0.3 is 10.2 Å². The fourth-order valence-electron chi connectivity index (χ4n) is 1.91. The second kappa shape index (κ2) is 14.9. The van der Waals surface area contributed by atoms with Crippen molar-refractivity contribution in [3.05, 3.63) is 0 Å². The molecule has 0 aromatic heterocycles. The Morgan fingerprint density at radius 2 is 1.71 bits per heavy atom. The highest BCUT2D eigenvalue weighted by atomic mass is 16.4. The quantitative estimate of drug-likeness (QED) is 0.450. The zero-order valence-corrected chi connectivity index (χ0v) is 13.2. The minimum Gasteiger partial charge on any atom is -0.481 e. The van der Waals surface area contributed by atoms with Gasteiger partial charge in [-0.3, -0.25) is 4.79 Å². The Balaban J connectivity index is 3.52. The SMILES string of the molecule is CCCCCCC#CC#CC(O)CCCCCCC(=O)O. The Hall–Kier alpha value is -1.45. The first-order chi connectivity index (χ1) is 10.2. The predicted molar refractivity (Wildman–Crippen MR) is 85.7 cm³/mol. The molecule has 0 aromatic carbocycles. The van der Waals surface area contributed by atoms with Gasteiger partial charge in [-0.2, -0.15) is 0 Å². The molecule has 3 nitrogen and oxygen atoms in total. The summed E-state index contributed by atoms with van der Waals surface area (Å²) in [7, 11) is 0. The molecule has 0 heterocycles. The number of rotatable bonds is 11. The second-order valence-electron chi connectivity index (χ2n) is 5.24. The minimum atomic E-state index is -0.742. The predicted octanol–water partition coefficient (Wildman–Crippen LogP) is 3.75. The van der Waals surface area contributed by atoms with Crippen molar-refractivity contribution in [2.45, 2.75) is 83.7 Å². The maximum Gasteiger partial charge on any atom is 0.303 e. The fraction of sp³-hybridized carbons (Fsp3) is 0.722. The van der Waals surface area contributed by atoms with Crippen molar-refractivity contribution in [1.29, 1.82) is 0 Å². The summed E-state index contributed by atoms with van der Waals surface area (Å²) >= 11 is 0. The summed E-state index contributed by atoms with van der Waals surface area (Å²) in [6, 6.07) is 0. The molecule has 0 spiro atoms. The fourth-order valence-corrected chi connectivity index (χ4v) is 1.91. The van der Waals surface area contributed by atoms with Gasteiger partial charge in [0.15, 0.2) is 0 Å². The van der Waals surface area contributed by atoms with E-state index in [1.54, 1.807) is 0 Å². The number of hydrogen-bond acceptors (Lipinski definition) is 2. The number of aliphatic hydroxyl groups is 1. The van der Waals surface area contributed by atoms with Gasteiger partial charge in [-0.05, 0) is 37.5 Å². The van der Waals surface area contributed by atoms with E-state index in [-0.39, 0.29) is 6.42 Å². The van der Waals surface area contributed by atoms with Crippen LogP contribution in [0.15, 0.2) is 0 Å². The number of carbonyl (C=O) groups is 1. The largest absolute Gasteiger partial charge is 0.481 e. The molecular formula is C18H28O3. The molecule has 0 amide bonds. The summed E-state index contributed by atoms with van der Waals surface area (Å²) in [6.45, 7) is 2.19. The third-order valence-electron chi connectivity index (χ3n) is 3.16. The first-order valence-electron chi connectivity index (χ1n) is 8.05. The number of carboxylic acid groups (broad SMARTS) is 1. The second-order valence-corrected chi connectivity index (χ2v) is 5.24. The van der Waals surface area contributed by atoms with Crippen molar-refractivity contribution in [2.75, 3.05) is 0 Å². The van der Waals surface area contributed by atoms with Gasteiger partial charge in [0.25, 0.3) is 0 Å². The highest BCUT2D eigenvalue weighted by Crippen LogP contribution is 2.07. The summed E-state index contributed by atoms with van der Waals surface area (Å²) < 4.78 is 0. The third-order valence-corrected chi connectivity index (χ3v) is 3.16. The van der Waals surface area contributed by atoms with Crippen LogP contribution in [0.1, 0.15) is 77.6 Å². The van der Waals surface area contributed by atoms with Crippen molar-refractivity contribution in [2.24, 2.45) is 0 Å². The molecule has 0 rings (SSSR count). The molecule has 1 unspecified atom stereocenters. The van der Waals surface area contributed by atoms with Gasteiger partial charge in [0.2, 0.25) is 0 Å². The first kappa shape index (κ1) is 19.6. The molecule has 21 heavy (non-hydrogen) atoms. The summed E-state index contributed by atoms with van der Waals surface area (Å²) in [6.07, 6.45) is 9.40. The monoisotopic (exact) mass is 292 g/mol. The van der Waals surface area contributed by atoms with Crippen LogP contribution >= 0.6 is 0 Å². The highest BCUT2D eigenvalue weighted by Gasteiger charge is 2.00. The van der Waals surface area contributed by atoms with Crippen molar-refractivity contribution in [1.82, 2.24) is 0 Å². The molecule has 0 aromatic rings. The van der Waals surface area contributed by atoms with Crippen molar-refractivity contribution in [3.8, 4) is 23.7 Å². The molecule has 1 atom stereocenters. The van der Waals surface area contributed by atoms with Crippen LogP contribution in [0.4, 0.5) is 0 Å². The third kappa shape index (κ3) is 16.5. The molecule has 0 fully saturated rings. The van der Waals surface area contributed by atoms with Gasteiger partial charge in [0.05, 0.1) is 0 Å². The van der Waals surface area contributed by atoms with Crippen LogP contribution < -0.4 is 0 Å². The maximum atomic E-state index is 10.3. The molecule has 118 valence electrons. The van der Waals surface area contributed by atoms with Gasteiger partial charge in [-0.15, -0.1) is 0 Å². The van der Waals surface area contributed by atoms with Gasteiger partial charge in [-0.1, -0.05) is 50.9 Å². The average Bonchev–Trinajstić information content (AvgIpc) is 2.45. The topological polar surface area (TPSA) is 57.5 Å². The smallest absolute Gasteiger partial charge is 0.303 e. The van der Waals surface area contributed by atoms with Gasteiger partial charge >= 0.3 is 5.97 Å². The Bertz CT molecular complexity index is 379. The number of unbranched alkanes of at least 4 members (excludes halogenated alkanes) is 7. The number of aliphatic carboxylic acids is 1. The molecule has 0 saturated heterocycles. The van der Waals surface area contributed by atoms with Crippen LogP contribution in [0.5, 0.6) is 0 Å². The lowest BCUT2D eigenvalue weighted by Crippen LogP contribution is -2.02. The molecule has 2 N–H and O–H groups in total. The number of hydrogen-bond donors (Lipinski definition) is 2. The van der Waals surface area contributed by atoms with Crippen LogP contribution in [0.3, 0.4) is 0 Å². The minimum absolute atomic E-state index is 0.232. The van der Waals surface area contributed by atoms with E-state index in [9.17, 15) is 9.90 Å². The van der Waals surface area contributed by atoms with Crippen molar-refractivity contribution in [3.63, 3.8) is 0 Å². The van der Waals surface area contributed by atoms with Crippen LogP contribution in [-0.2, 0) is 4.79 Å². The lowest BCUT2D eigenvalue weighted by Gasteiger charge is -2.02. The molecule has 0 aliphatic heterocycles. The summed E-state index contributed by atoms with van der Waals surface area (Å²) in [4.78, 5) is 10.3. The zero-order chi connectivity index (χ0) is 15.8. The Morgan fingerprint density at radius 1 is 1.00 bits per heavy atom.